The van der Waals surface area contributed by atoms with Gasteiger partial charge in [-0.15, -0.1) is 0 Å². The fourth-order valence-electron chi connectivity index (χ4n) is 1.38. The van der Waals surface area contributed by atoms with Crippen molar-refractivity contribution in [2.24, 2.45) is 0 Å². The summed E-state index contributed by atoms with van der Waals surface area (Å²) < 4.78 is 10.3. The van der Waals surface area contributed by atoms with Crippen molar-refractivity contribution < 1.29 is 14.3 Å². The van der Waals surface area contributed by atoms with E-state index < -0.39 is 0 Å². The number of esters is 1. The van der Waals surface area contributed by atoms with Crippen LogP contribution in [-0.2, 0) is 20.9 Å². The zero-order valence-corrected chi connectivity index (χ0v) is 9.81. The minimum Gasteiger partial charge on any atom is -0.463 e. The summed E-state index contributed by atoms with van der Waals surface area (Å²) in [5.41, 5.74) is 1.12. The maximum absolute atomic E-state index is 10.8. The molecule has 1 aromatic rings. The van der Waals surface area contributed by atoms with Gasteiger partial charge >= 0.3 is 5.97 Å². The van der Waals surface area contributed by atoms with E-state index in [1.165, 1.54) is 0 Å². The van der Waals surface area contributed by atoms with Gasteiger partial charge in [-0.2, -0.15) is 0 Å². The molecule has 0 N–H and O–H groups in total. The first-order valence-electron chi connectivity index (χ1n) is 5.66. The largest absolute Gasteiger partial charge is 0.463 e. The molecule has 0 aromatic heterocycles. The van der Waals surface area contributed by atoms with Crippen molar-refractivity contribution in [3.05, 3.63) is 35.9 Å². The summed E-state index contributed by atoms with van der Waals surface area (Å²) in [6.45, 7) is 4.94. The SMILES string of the molecule is CC.O=C1CC(OCc2ccccc2)CO1. The lowest BCUT2D eigenvalue weighted by Gasteiger charge is -2.07. The van der Waals surface area contributed by atoms with Crippen LogP contribution in [0.3, 0.4) is 0 Å². The number of carbonyl (C=O) groups is 1. The molecule has 1 saturated heterocycles. The van der Waals surface area contributed by atoms with E-state index in [1.54, 1.807) is 0 Å². The normalized spacial score (nSPS) is 18.6. The highest BCUT2D eigenvalue weighted by molar-refractivity contribution is 5.71. The summed E-state index contributed by atoms with van der Waals surface area (Å²) in [5, 5.41) is 0. The molecule has 1 aromatic carbocycles. The van der Waals surface area contributed by atoms with E-state index in [4.69, 9.17) is 9.47 Å². The highest BCUT2D eigenvalue weighted by Crippen LogP contribution is 2.12. The van der Waals surface area contributed by atoms with E-state index in [0.29, 0.717) is 19.6 Å². The number of ether oxygens (including phenoxy) is 2. The molecule has 3 heteroatoms. The number of hydrogen-bond acceptors (Lipinski definition) is 3. The van der Waals surface area contributed by atoms with Gasteiger partial charge in [0.05, 0.1) is 13.0 Å². The van der Waals surface area contributed by atoms with Crippen molar-refractivity contribution in [2.75, 3.05) is 6.61 Å². The van der Waals surface area contributed by atoms with Gasteiger partial charge in [-0.1, -0.05) is 44.2 Å². The lowest BCUT2D eigenvalue weighted by molar-refractivity contribution is -0.137. The van der Waals surface area contributed by atoms with Crippen molar-refractivity contribution >= 4 is 5.97 Å². The highest BCUT2D eigenvalue weighted by atomic mass is 16.6. The van der Waals surface area contributed by atoms with Crippen LogP contribution < -0.4 is 0 Å². The van der Waals surface area contributed by atoms with E-state index in [-0.39, 0.29) is 12.1 Å². The molecular formula is C13H18O3. The summed E-state index contributed by atoms with van der Waals surface area (Å²) in [6, 6.07) is 9.89. The number of carbonyl (C=O) groups excluding carboxylic acids is 1. The van der Waals surface area contributed by atoms with Crippen molar-refractivity contribution in [2.45, 2.75) is 33.0 Å². The molecule has 0 aliphatic carbocycles. The van der Waals surface area contributed by atoms with Crippen LogP contribution in [0.15, 0.2) is 30.3 Å². The van der Waals surface area contributed by atoms with Gasteiger partial charge < -0.3 is 9.47 Å². The molecule has 1 heterocycles. The Balaban J connectivity index is 0.000000606. The van der Waals surface area contributed by atoms with Crippen LogP contribution in [0.2, 0.25) is 0 Å². The van der Waals surface area contributed by atoms with Crippen LogP contribution in [0.4, 0.5) is 0 Å². The Morgan fingerprint density at radius 1 is 1.31 bits per heavy atom. The Hall–Kier alpha value is -1.35. The maximum atomic E-state index is 10.8. The molecule has 0 spiro atoms. The average molecular weight is 222 g/mol. The summed E-state index contributed by atoms with van der Waals surface area (Å²) in [6.07, 6.45) is 0.315. The van der Waals surface area contributed by atoms with Gasteiger partial charge in [0, 0.05) is 0 Å². The van der Waals surface area contributed by atoms with E-state index in [0.717, 1.165) is 5.56 Å². The van der Waals surface area contributed by atoms with Crippen molar-refractivity contribution in [1.29, 1.82) is 0 Å². The molecular weight excluding hydrogens is 204 g/mol. The summed E-state index contributed by atoms with van der Waals surface area (Å²) in [4.78, 5) is 10.8. The standard InChI is InChI=1S/C11H12O3.C2H6/c12-11-6-10(8-14-11)13-7-9-4-2-1-3-5-9;1-2/h1-5,10H,6-8H2;1-2H3. The van der Waals surface area contributed by atoms with Gasteiger partial charge in [-0.25, -0.2) is 0 Å². The molecule has 3 nitrogen and oxygen atoms in total. The smallest absolute Gasteiger partial charge is 0.308 e. The molecule has 1 fully saturated rings. The second-order valence-corrected chi connectivity index (χ2v) is 3.31. The Labute approximate surface area is 96.4 Å². The quantitative estimate of drug-likeness (QED) is 0.737. The predicted octanol–water partition coefficient (Wildman–Crippen LogP) is 2.54. The van der Waals surface area contributed by atoms with E-state index >= 15 is 0 Å². The zero-order chi connectivity index (χ0) is 11.8. The van der Waals surface area contributed by atoms with Crippen molar-refractivity contribution in [1.82, 2.24) is 0 Å². The fourth-order valence-corrected chi connectivity index (χ4v) is 1.38. The third-order valence-corrected chi connectivity index (χ3v) is 2.15. The Morgan fingerprint density at radius 3 is 2.56 bits per heavy atom. The molecule has 1 unspecified atom stereocenters. The Bertz CT molecular complexity index is 308. The molecule has 0 radical (unpaired) electrons. The molecule has 0 amide bonds. The summed E-state index contributed by atoms with van der Waals surface area (Å²) >= 11 is 0. The first-order valence-corrected chi connectivity index (χ1v) is 5.66. The average Bonchev–Trinajstić information content (AvgIpc) is 2.77. The van der Waals surface area contributed by atoms with Crippen LogP contribution in [0.25, 0.3) is 0 Å². The molecule has 0 bridgehead atoms. The molecule has 0 saturated carbocycles. The molecule has 88 valence electrons. The topological polar surface area (TPSA) is 35.5 Å². The van der Waals surface area contributed by atoms with Gasteiger partial charge in [-0.05, 0) is 5.56 Å². The van der Waals surface area contributed by atoms with Crippen molar-refractivity contribution in [3.8, 4) is 0 Å². The lowest BCUT2D eigenvalue weighted by atomic mass is 10.2. The third-order valence-electron chi connectivity index (χ3n) is 2.15. The third kappa shape index (κ3) is 4.03. The first kappa shape index (κ1) is 12.7. The first-order chi connectivity index (χ1) is 7.84. The number of benzene rings is 1. The summed E-state index contributed by atoms with van der Waals surface area (Å²) in [5.74, 6) is -0.164. The summed E-state index contributed by atoms with van der Waals surface area (Å²) in [7, 11) is 0. The molecule has 2 rings (SSSR count). The molecule has 1 aliphatic heterocycles. The predicted molar refractivity (Wildman–Crippen MR) is 61.9 cm³/mol. The zero-order valence-electron chi connectivity index (χ0n) is 9.81. The Kier molecular flexibility index (Phi) is 5.57. The van der Waals surface area contributed by atoms with Crippen molar-refractivity contribution in [3.63, 3.8) is 0 Å². The van der Waals surface area contributed by atoms with Gasteiger partial charge in [0.1, 0.15) is 12.7 Å². The second kappa shape index (κ2) is 7.01. The number of cyclic esters (lactones) is 1. The van der Waals surface area contributed by atoms with Crippen LogP contribution >= 0.6 is 0 Å². The maximum Gasteiger partial charge on any atom is 0.308 e. The molecule has 16 heavy (non-hydrogen) atoms. The van der Waals surface area contributed by atoms with E-state index in [2.05, 4.69) is 0 Å². The lowest BCUT2D eigenvalue weighted by Crippen LogP contribution is -2.11. The fraction of sp³-hybridized carbons (Fsp3) is 0.462. The van der Waals surface area contributed by atoms with E-state index in [9.17, 15) is 4.79 Å². The molecule has 1 aliphatic rings. The van der Waals surface area contributed by atoms with Gasteiger partial charge in [0.15, 0.2) is 0 Å². The van der Waals surface area contributed by atoms with Crippen LogP contribution in [0.5, 0.6) is 0 Å². The van der Waals surface area contributed by atoms with E-state index in [1.807, 2.05) is 44.2 Å². The van der Waals surface area contributed by atoms with Gasteiger partial charge in [0.25, 0.3) is 0 Å². The highest BCUT2D eigenvalue weighted by Gasteiger charge is 2.23. The van der Waals surface area contributed by atoms with Crippen LogP contribution in [0, 0.1) is 0 Å². The van der Waals surface area contributed by atoms with Crippen LogP contribution in [0.1, 0.15) is 25.8 Å². The number of rotatable bonds is 3. The minimum absolute atomic E-state index is 0.0669. The number of hydrogen-bond donors (Lipinski definition) is 0. The Morgan fingerprint density at radius 2 is 2.00 bits per heavy atom. The van der Waals surface area contributed by atoms with Gasteiger partial charge in [-0.3, -0.25) is 4.79 Å². The van der Waals surface area contributed by atoms with Gasteiger partial charge in [0.2, 0.25) is 0 Å². The monoisotopic (exact) mass is 222 g/mol. The molecule has 1 atom stereocenters. The second-order valence-electron chi connectivity index (χ2n) is 3.31. The minimum atomic E-state index is -0.164. The van der Waals surface area contributed by atoms with Crippen LogP contribution in [-0.4, -0.2) is 18.7 Å².